The summed E-state index contributed by atoms with van der Waals surface area (Å²) in [4.78, 5) is 17.8. The van der Waals surface area contributed by atoms with Crippen LogP contribution in [0.2, 0.25) is 0 Å². The van der Waals surface area contributed by atoms with Gasteiger partial charge in [-0.2, -0.15) is 0 Å². The topological polar surface area (TPSA) is 37.6 Å². The molecule has 3 heterocycles. The van der Waals surface area contributed by atoms with E-state index in [-0.39, 0.29) is 0 Å². The summed E-state index contributed by atoms with van der Waals surface area (Å²) in [6.07, 6.45) is 8.14. The van der Waals surface area contributed by atoms with Crippen molar-refractivity contribution in [2.24, 2.45) is 5.92 Å². The Hall–Kier alpha value is -1.68. The summed E-state index contributed by atoms with van der Waals surface area (Å²) in [6.45, 7) is 2.35. The molecule has 3 rings (SSSR count). The maximum Gasteiger partial charge on any atom is 0.151 e. The third kappa shape index (κ3) is 2.54. The highest BCUT2D eigenvalue weighted by Crippen LogP contribution is 2.21. The number of carbonyl (C=O) groups is 1. The largest absolute Gasteiger partial charge is 0.306 e. The number of pyridine rings is 1. The number of aromatic nitrogens is 2. The summed E-state index contributed by atoms with van der Waals surface area (Å²) in [5.74, 6) is 1.79. The molecule has 0 aromatic carbocycles. The zero-order valence-electron chi connectivity index (χ0n) is 11.2. The van der Waals surface area contributed by atoms with Gasteiger partial charge in [-0.25, -0.2) is 4.98 Å². The second-order valence-corrected chi connectivity index (χ2v) is 5.50. The number of nitrogens with zero attached hydrogens (tertiary/aromatic N) is 3. The number of likely N-dealkylation sites (tertiary alicyclic amines) is 1. The number of piperidine rings is 1. The van der Waals surface area contributed by atoms with E-state index in [1.54, 1.807) is 0 Å². The second-order valence-electron chi connectivity index (χ2n) is 5.50. The summed E-state index contributed by atoms with van der Waals surface area (Å²) in [6, 6.07) is 3.79. The average molecular weight is 257 g/mol. The maximum absolute atomic E-state index is 10.9. The third-order valence-electron chi connectivity index (χ3n) is 4.07. The van der Waals surface area contributed by atoms with Crippen molar-refractivity contribution >= 4 is 11.8 Å². The van der Waals surface area contributed by atoms with Gasteiger partial charge in [0.2, 0.25) is 0 Å². The molecule has 0 saturated carbocycles. The highest BCUT2D eigenvalue weighted by Gasteiger charge is 2.18. The van der Waals surface area contributed by atoms with Crippen molar-refractivity contribution in [2.75, 3.05) is 20.1 Å². The highest BCUT2D eigenvalue weighted by atomic mass is 16.1. The van der Waals surface area contributed by atoms with Crippen LogP contribution in [0.5, 0.6) is 0 Å². The van der Waals surface area contributed by atoms with E-state index in [2.05, 4.69) is 21.3 Å². The molecule has 0 N–H and O–H groups in total. The molecule has 100 valence electrons. The predicted molar refractivity (Wildman–Crippen MR) is 74.5 cm³/mol. The molecule has 4 heteroatoms. The molecule has 4 nitrogen and oxygen atoms in total. The van der Waals surface area contributed by atoms with Crippen LogP contribution < -0.4 is 0 Å². The van der Waals surface area contributed by atoms with Crippen LogP contribution in [0.15, 0.2) is 24.5 Å². The molecule has 0 bridgehead atoms. The Bertz CT molecular complexity index is 582. The molecule has 0 radical (unpaired) electrons. The van der Waals surface area contributed by atoms with E-state index in [9.17, 15) is 4.79 Å². The molecule has 1 saturated heterocycles. The lowest BCUT2D eigenvalue weighted by molar-refractivity contribution is 0.112. The first-order valence-electron chi connectivity index (χ1n) is 6.86. The summed E-state index contributed by atoms with van der Waals surface area (Å²) >= 11 is 0. The number of carbonyl (C=O) groups excluding carboxylic acids is 1. The van der Waals surface area contributed by atoms with Gasteiger partial charge < -0.3 is 9.30 Å². The third-order valence-corrected chi connectivity index (χ3v) is 4.07. The lowest BCUT2D eigenvalue weighted by Gasteiger charge is -2.28. The standard InChI is InChI=1S/C15H19N3O/c1-17-6-4-12(5-7-17)8-15-16-9-14-3-2-13(11-19)10-18(14)15/h2-3,9-12H,4-8H2,1H3. The Morgan fingerprint density at radius 3 is 2.89 bits per heavy atom. The molecule has 0 amide bonds. The van der Waals surface area contributed by atoms with E-state index >= 15 is 0 Å². The van der Waals surface area contributed by atoms with E-state index in [4.69, 9.17) is 0 Å². The minimum atomic E-state index is 0.704. The molecule has 1 aliphatic heterocycles. The average Bonchev–Trinajstić information content (AvgIpc) is 2.84. The molecular formula is C15H19N3O. The molecule has 0 unspecified atom stereocenters. The molecule has 19 heavy (non-hydrogen) atoms. The van der Waals surface area contributed by atoms with Crippen molar-refractivity contribution in [3.05, 3.63) is 35.9 Å². The predicted octanol–water partition coefficient (Wildman–Crippen LogP) is 2.03. The smallest absolute Gasteiger partial charge is 0.151 e. The quantitative estimate of drug-likeness (QED) is 0.790. The van der Waals surface area contributed by atoms with Crippen molar-refractivity contribution in [1.29, 1.82) is 0 Å². The van der Waals surface area contributed by atoms with Crippen LogP contribution >= 0.6 is 0 Å². The van der Waals surface area contributed by atoms with Gasteiger partial charge in [0, 0.05) is 18.2 Å². The van der Waals surface area contributed by atoms with Gasteiger partial charge in [-0.05, 0) is 51.0 Å². The first-order chi connectivity index (χ1) is 9.26. The zero-order valence-corrected chi connectivity index (χ0v) is 11.2. The Kier molecular flexibility index (Phi) is 3.34. The molecular weight excluding hydrogens is 238 g/mol. The zero-order chi connectivity index (χ0) is 13.2. The van der Waals surface area contributed by atoms with Crippen molar-refractivity contribution in [3.8, 4) is 0 Å². The number of fused-ring (bicyclic) bond motifs is 1. The van der Waals surface area contributed by atoms with E-state index in [0.717, 1.165) is 24.0 Å². The number of hydrogen-bond acceptors (Lipinski definition) is 3. The molecule has 1 aliphatic rings. The van der Waals surface area contributed by atoms with Gasteiger partial charge >= 0.3 is 0 Å². The summed E-state index contributed by atoms with van der Waals surface area (Å²) in [5, 5.41) is 0. The van der Waals surface area contributed by atoms with Gasteiger partial charge in [0.1, 0.15) is 5.82 Å². The minimum Gasteiger partial charge on any atom is -0.306 e. The van der Waals surface area contributed by atoms with Gasteiger partial charge in [0.15, 0.2) is 6.29 Å². The number of imidazole rings is 1. The Morgan fingerprint density at radius 2 is 2.16 bits per heavy atom. The summed E-state index contributed by atoms with van der Waals surface area (Å²) in [5.41, 5.74) is 1.77. The SMILES string of the molecule is CN1CCC(Cc2ncc3ccc(C=O)cn23)CC1. The first kappa shape index (κ1) is 12.4. The van der Waals surface area contributed by atoms with E-state index in [0.29, 0.717) is 11.5 Å². The Labute approximate surface area is 113 Å². The monoisotopic (exact) mass is 257 g/mol. The fourth-order valence-corrected chi connectivity index (χ4v) is 2.81. The Balaban J connectivity index is 1.82. The fraction of sp³-hybridized carbons (Fsp3) is 0.467. The maximum atomic E-state index is 10.9. The lowest BCUT2D eigenvalue weighted by Crippen LogP contribution is -2.31. The van der Waals surface area contributed by atoms with Gasteiger partial charge in [0.05, 0.1) is 11.7 Å². The van der Waals surface area contributed by atoms with Crippen molar-refractivity contribution in [2.45, 2.75) is 19.3 Å². The minimum absolute atomic E-state index is 0.704. The molecule has 0 atom stereocenters. The van der Waals surface area contributed by atoms with Gasteiger partial charge in [-0.15, -0.1) is 0 Å². The van der Waals surface area contributed by atoms with Crippen LogP contribution in [-0.2, 0) is 6.42 Å². The molecule has 1 fully saturated rings. The number of hydrogen-bond donors (Lipinski definition) is 0. The normalized spacial score (nSPS) is 17.9. The first-order valence-corrected chi connectivity index (χ1v) is 6.86. The summed E-state index contributed by atoms with van der Waals surface area (Å²) in [7, 11) is 2.18. The fourth-order valence-electron chi connectivity index (χ4n) is 2.81. The summed E-state index contributed by atoms with van der Waals surface area (Å²) < 4.78 is 2.06. The lowest BCUT2D eigenvalue weighted by atomic mass is 9.93. The van der Waals surface area contributed by atoms with Gasteiger partial charge in [-0.1, -0.05) is 0 Å². The van der Waals surface area contributed by atoms with Crippen LogP contribution in [0.4, 0.5) is 0 Å². The van der Waals surface area contributed by atoms with Gasteiger partial charge in [0.25, 0.3) is 0 Å². The van der Waals surface area contributed by atoms with Gasteiger partial charge in [-0.3, -0.25) is 4.79 Å². The van der Waals surface area contributed by atoms with Crippen LogP contribution in [0.1, 0.15) is 29.0 Å². The van der Waals surface area contributed by atoms with Crippen molar-refractivity contribution in [3.63, 3.8) is 0 Å². The number of aldehydes is 1. The molecule has 2 aromatic heterocycles. The molecule has 0 aliphatic carbocycles. The number of rotatable bonds is 3. The van der Waals surface area contributed by atoms with Crippen LogP contribution in [0.3, 0.4) is 0 Å². The second kappa shape index (κ2) is 5.13. The molecule has 0 spiro atoms. The Morgan fingerprint density at radius 1 is 1.37 bits per heavy atom. The molecule has 2 aromatic rings. The van der Waals surface area contributed by atoms with Crippen molar-refractivity contribution in [1.82, 2.24) is 14.3 Å². The van der Waals surface area contributed by atoms with Crippen molar-refractivity contribution < 1.29 is 4.79 Å². The van der Waals surface area contributed by atoms with Crippen LogP contribution in [0.25, 0.3) is 5.52 Å². The van der Waals surface area contributed by atoms with E-state index in [1.807, 2.05) is 24.5 Å². The van der Waals surface area contributed by atoms with Crippen LogP contribution in [-0.4, -0.2) is 40.7 Å². The van der Waals surface area contributed by atoms with E-state index < -0.39 is 0 Å². The highest BCUT2D eigenvalue weighted by molar-refractivity contribution is 5.75. The van der Waals surface area contributed by atoms with E-state index in [1.165, 1.54) is 25.9 Å². The van der Waals surface area contributed by atoms with Crippen LogP contribution in [0, 0.1) is 5.92 Å².